The van der Waals surface area contributed by atoms with Crippen molar-refractivity contribution >= 4 is 22.8 Å². The summed E-state index contributed by atoms with van der Waals surface area (Å²) in [6, 6.07) is 25.6. The minimum atomic E-state index is -0.291. The van der Waals surface area contributed by atoms with Crippen LogP contribution in [0, 0.1) is 13.8 Å². The van der Waals surface area contributed by atoms with E-state index < -0.39 is 0 Å². The number of rotatable bonds is 5. The molecule has 1 atom stereocenters. The smallest absolute Gasteiger partial charge is 0.116 e. The highest BCUT2D eigenvalue weighted by atomic mass is 32.2. The highest BCUT2D eigenvalue weighted by molar-refractivity contribution is 8.00. The molecular weight excluding hydrogens is 350 g/mol. The molecule has 4 rings (SSSR count). The van der Waals surface area contributed by atoms with Gasteiger partial charge >= 0.3 is 0 Å². The van der Waals surface area contributed by atoms with Crippen LogP contribution in [0.25, 0.3) is 11.0 Å². The normalized spacial score (nSPS) is 13.6. The molecular formula is C23H23N3S. The molecule has 1 aromatic heterocycles. The summed E-state index contributed by atoms with van der Waals surface area (Å²) in [5, 5.41) is 8.94. The van der Waals surface area contributed by atoms with Crippen molar-refractivity contribution in [3.8, 4) is 0 Å². The lowest BCUT2D eigenvalue weighted by Crippen LogP contribution is -2.30. The Labute approximate surface area is 164 Å². The Morgan fingerprint density at radius 3 is 2.19 bits per heavy atom. The molecule has 0 N–H and O–H groups in total. The number of benzene rings is 3. The van der Waals surface area contributed by atoms with E-state index in [9.17, 15) is 0 Å². The van der Waals surface area contributed by atoms with Gasteiger partial charge in [0.25, 0.3) is 0 Å². The maximum Gasteiger partial charge on any atom is 0.116 e. The van der Waals surface area contributed by atoms with Crippen LogP contribution in [0.15, 0.2) is 77.7 Å². The standard InChI is InChI=1S/C23H23N3S/c1-17-8-12-19(13-9-17)16-23(3,27-20-14-10-18(2)11-15-20)26-22-7-5-4-6-21(22)24-25-26/h4-15H,16H2,1-3H3. The van der Waals surface area contributed by atoms with Crippen LogP contribution in [0.4, 0.5) is 0 Å². The van der Waals surface area contributed by atoms with E-state index in [0.717, 1.165) is 17.5 Å². The molecule has 27 heavy (non-hydrogen) atoms. The summed E-state index contributed by atoms with van der Waals surface area (Å²) in [6.45, 7) is 6.48. The summed E-state index contributed by atoms with van der Waals surface area (Å²) in [7, 11) is 0. The largest absolute Gasteiger partial charge is 0.228 e. The van der Waals surface area contributed by atoms with E-state index in [-0.39, 0.29) is 4.87 Å². The number of thioether (sulfide) groups is 1. The molecule has 136 valence electrons. The van der Waals surface area contributed by atoms with Crippen molar-refractivity contribution in [1.82, 2.24) is 15.0 Å². The Hall–Kier alpha value is -2.59. The Morgan fingerprint density at radius 1 is 0.852 bits per heavy atom. The van der Waals surface area contributed by atoms with E-state index >= 15 is 0 Å². The van der Waals surface area contributed by atoms with E-state index in [1.54, 1.807) is 0 Å². The number of para-hydroxylation sites is 1. The van der Waals surface area contributed by atoms with Crippen LogP contribution in [-0.4, -0.2) is 15.0 Å². The van der Waals surface area contributed by atoms with Gasteiger partial charge in [-0.05, 0) is 50.6 Å². The van der Waals surface area contributed by atoms with Crippen molar-refractivity contribution in [3.63, 3.8) is 0 Å². The van der Waals surface area contributed by atoms with Crippen molar-refractivity contribution in [2.45, 2.75) is 37.0 Å². The lowest BCUT2D eigenvalue weighted by Gasteiger charge is -2.30. The quantitative estimate of drug-likeness (QED) is 0.417. The Morgan fingerprint density at radius 2 is 1.48 bits per heavy atom. The summed E-state index contributed by atoms with van der Waals surface area (Å²) < 4.78 is 2.08. The van der Waals surface area contributed by atoms with Gasteiger partial charge in [0, 0.05) is 11.3 Å². The van der Waals surface area contributed by atoms with Gasteiger partial charge in [-0.2, -0.15) is 0 Å². The predicted molar refractivity (Wildman–Crippen MR) is 113 cm³/mol. The molecule has 0 aliphatic heterocycles. The number of hydrogen-bond acceptors (Lipinski definition) is 3. The number of hydrogen-bond donors (Lipinski definition) is 0. The molecule has 1 unspecified atom stereocenters. The fourth-order valence-electron chi connectivity index (χ4n) is 3.32. The summed E-state index contributed by atoms with van der Waals surface area (Å²) in [4.78, 5) is 0.940. The number of nitrogens with zero attached hydrogens (tertiary/aromatic N) is 3. The Bertz CT molecular complexity index is 1000. The van der Waals surface area contributed by atoms with Crippen molar-refractivity contribution in [1.29, 1.82) is 0 Å². The second kappa shape index (κ2) is 7.20. The van der Waals surface area contributed by atoms with E-state index in [2.05, 4.69) is 90.4 Å². The van der Waals surface area contributed by atoms with Crippen molar-refractivity contribution in [2.75, 3.05) is 0 Å². The first-order valence-corrected chi connectivity index (χ1v) is 9.97. The molecule has 0 bridgehead atoms. The zero-order valence-electron chi connectivity index (χ0n) is 15.9. The van der Waals surface area contributed by atoms with Crippen LogP contribution < -0.4 is 0 Å². The van der Waals surface area contributed by atoms with Gasteiger partial charge in [0.15, 0.2) is 0 Å². The van der Waals surface area contributed by atoms with E-state index in [1.807, 2.05) is 30.0 Å². The lowest BCUT2D eigenvalue weighted by atomic mass is 10.0. The molecule has 0 aliphatic rings. The molecule has 4 aromatic rings. The summed E-state index contributed by atoms with van der Waals surface area (Å²) >= 11 is 1.83. The van der Waals surface area contributed by atoms with Crippen LogP contribution in [0.3, 0.4) is 0 Å². The molecule has 3 nitrogen and oxygen atoms in total. The minimum absolute atomic E-state index is 0.291. The van der Waals surface area contributed by atoms with Gasteiger partial charge < -0.3 is 0 Å². The third-order valence-corrected chi connectivity index (χ3v) is 6.08. The van der Waals surface area contributed by atoms with Gasteiger partial charge in [-0.25, -0.2) is 4.68 Å². The summed E-state index contributed by atoms with van der Waals surface area (Å²) in [5.74, 6) is 0. The molecule has 0 spiro atoms. The third kappa shape index (κ3) is 3.76. The van der Waals surface area contributed by atoms with Gasteiger partial charge in [0.1, 0.15) is 10.4 Å². The zero-order valence-corrected chi connectivity index (χ0v) is 16.7. The maximum absolute atomic E-state index is 4.54. The average molecular weight is 374 g/mol. The van der Waals surface area contributed by atoms with Crippen LogP contribution in [-0.2, 0) is 11.3 Å². The lowest BCUT2D eigenvalue weighted by molar-refractivity contribution is 0.436. The Balaban J connectivity index is 1.78. The molecule has 0 amide bonds. The summed E-state index contributed by atoms with van der Waals surface area (Å²) in [5.41, 5.74) is 5.83. The predicted octanol–water partition coefficient (Wildman–Crippen LogP) is 5.76. The topological polar surface area (TPSA) is 30.7 Å². The van der Waals surface area contributed by atoms with E-state index in [4.69, 9.17) is 0 Å². The molecule has 0 aliphatic carbocycles. The van der Waals surface area contributed by atoms with Crippen LogP contribution in [0.2, 0.25) is 0 Å². The van der Waals surface area contributed by atoms with Gasteiger partial charge in [0.2, 0.25) is 0 Å². The Kier molecular flexibility index (Phi) is 4.75. The highest BCUT2D eigenvalue weighted by Crippen LogP contribution is 2.40. The van der Waals surface area contributed by atoms with Gasteiger partial charge in [-0.15, -0.1) is 5.10 Å². The SMILES string of the molecule is Cc1ccc(CC(C)(Sc2ccc(C)cc2)n2nnc3ccccc32)cc1. The second-order valence-corrected chi connectivity index (χ2v) is 8.80. The molecule has 4 heteroatoms. The first kappa shape index (κ1) is 17.8. The summed E-state index contributed by atoms with van der Waals surface area (Å²) in [6.07, 6.45) is 0.860. The molecule has 0 saturated heterocycles. The van der Waals surface area contributed by atoms with Gasteiger partial charge in [-0.3, -0.25) is 0 Å². The number of aromatic nitrogens is 3. The molecule has 0 radical (unpaired) electrons. The molecule has 1 heterocycles. The van der Waals surface area contributed by atoms with Crippen LogP contribution in [0.5, 0.6) is 0 Å². The number of aryl methyl sites for hydroxylation is 2. The van der Waals surface area contributed by atoms with E-state index in [0.29, 0.717) is 0 Å². The van der Waals surface area contributed by atoms with Gasteiger partial charge in [0.05, 0.1) is 5.52 Å². The second-order valence-electron chi connectivity index (χ2n) is 7.24. The minimum Gasteiger partial charge on any atom is -0.228 e. The maximum atomic E-state index is 4.54. The fraction of sp³-hybridized carbons (Fsp3) is 0.217. The first-order chi connectivity index (χ1) is 13.0. The fourth-order valence-corrected chi connectivity index (χ4v) is 4.56. The molecule has 0 fully saturated rings. The third-order valence-electron chi connectivity index (χ3n) is 4.81. The zero-order chi connectivity index (χ0) is 18.9. The number of fused-ring (bicyclic) bond motifs is 1. The molecule has 0 saturated carbocycles. The van der Waals surface area contributed by atoms with Gasteiger partial charge in [-0.1, -0.05) is 76.6 Å². The molecule has 3 aromatic carbocycles. The van der Waals surface area contributed by atoms with Crippen molar-refractivity contribution < 1.29 is 0 Å². The highest BCUT2D eigenvalue weighted by Gasteiger charge is 2.31. The van der Waals surface area contributed by atoms with Crippen molar-refractivity contribution in [2.24, 2.45) is 0 Å². The van der Waals surface area contributed by atoms with Crippen LogP contribution in [0.1, 0.15) is 23.6 Å². The van der Waals surface area contributed by atoms with E-state index in [1.165, 1.54) is 21.6 Å². The monoisotopic (exact) mass is 373 g/mol. The first-order valence-electron chi connectivity index (χ1n) is 9.16. The average Bonchev–Trinajstić information content (AvgIpc) is 3.11. The van der Waals surface area contributed by atoms with Crippen LogP contribution >= 0.6 is 11.8 Å². The van der Waals surface area contributed by atoms with Crippen molar-refractivity contribution in [3.05, 3.63) is 89.5 Å².